The third kappa shape index (κ3) is 7.50. The summed E-state index contributed by atoms with van der Waals surface area (Å²) < 4.78 is 0. The van der Waals surface area contributed by atoms with Crippen LogP contribution >= 0.6 is 0 Å². The lowest BCUT2D eigenvalue weighted by Crippen LogP contribution is -2.55. The first-order valence-electron chi connectivity index (χ1n) is 13.9. The highest BCUT2D eigenvalue weighted by molar-refractivity contribution is 5.94. The number of hydrogen-bond acceptors (Lipinski definition) is 3. The maximum atomic E-state index is 14.2. The zero-order valence-electron chi connectivity index (χ0n) is 24.0. The molecule has 40 heavy (non-hydrogen) atoms. The predicted octanol–water partition coefficient (Wildman–Crippen LogP) is 6.41. The lowest BCUT2D eigenvalue weighted by atomic mass is 9.86. The van der Waals surface area contributed by atoms with E-state index in [9.17, 15) is 14.4 Å². The monoisotopic (exact) mass is 540 g/mol. The molecule has 3 aromatic carbocycles. The van der Waals surface area contributed by atoms with Crippen molar-refractivity contribution in [3.8, 4) is 0 Å². The lowest BCUT2D eigenvalue weighted by molar-refractivity contribution is -0.146. The number of anilines is 1. The van der Waals surface area contributed by atoms with Crippen LogP contribution in [0.15, 0.2) is 78.9 Å². The van der Waals surface area contributed by atoms with Crippen LogP contribution in [0.2, 0.25) is 0 Å². The number of aryl methyl sites for hydroxylation is 2. The Morgan fingerprint density at radius 1 is 0.850 bits per heavy atom. The summed E-state index contributed by atoms with van der Waals surface area (Å²) in [6.45, 7) is 9.95. The number of rotatable bonds is 6. The molecule has 4 rings (SSSR count). The molecule has 0 saturated carbocycles. The molecule has 7 nitrogen and oxygen atoms in total. The van der Waals surface area contributed by atoms with Crippen LogP contribution < -0.4 is 16.1 Å². The van der Waals surface area contributed by atoms with E-state index in [2.05, 4.69) is 28.2 Å². The molecule has 4 amide bonds. The van der Waals surface area contributed by atoms with Crippen LogP contribution in [0.3, 0.4) is 0 Å². The summed E-state index contributed by atoms with van der Waals surface area (Å²) in [5, 5.41) is 7.25. The largest absolute Gasteiger partial charge is 0.326 e. The molecule has 7 heteroatoms. The van der Waals surface area contributed by atoms with Gasteiger partial charge in [0.05, 0.1) is 6.04 Å². The summed E-state index contributed by atoms with van der Waals surface area (Å²) in [5.41, 5.74) is 7.52. The van der Waals surface area contributed by atoms with Crippen molar-refractivity contribution in [3.05, 3.63) is 101 Å². The summed E-state index contributed by atoms with van der Waals surface area (Å²) >= 11 is 0. The smallest absolute Gasteiger partial charge is 0.319 e. The number of hydrazine groups is 1. The fourth-order valence-corrected chi connectivity index (χ4v) is 5.19. The lowest BCUT2D eigenvalue weighted by Gasteiger charge is -2.33. The topological polar surface area (TPSA) is 90.5 Å². The van der Waals surface area contributed by atoms with Crippen LogP contribution in [0, 0.1) is 19.3 Å². The molecule has 0 radical (unpaired) electrons. The Labute approximate surface area is 237 Å². The second-order valence-electron chi connectivity index (χ2n) is 11.9. The van der Waals surface area contributed by atoms with Gasteiger partial charge >= 0.3 is 6.03 Å². The minimum atomic E-state index is -0.847. The van der Waals surface area contributed by atoms with Gasteiger partial charge in [0.2, 0.25) is 5.91 Å². The first-order valence-corrected chi connectivity index (χ1v) is 13.9. The van der Waals surface area contributed by atoms with Gasteiger partial charge < -0.3 is 10.6 Å². The third-order valence-corrected chi connectivity index (χ3v) is 7.34. The number of nitrogens with one attached hydrogen (secondary N) is 3. The van der Waals surface area contributed by atoms with Crippen LogP contribution in [0.1, 0.15) is 74.2 Å². The molecule has 3 unspecified atom stereocenters. The average molecular weight is 541 g/mol. The Morgan fingerprint density at radius 3 is 2.08 bits per heavy atom. The van der Waals surface area contributed by atoms with E-state index in [4.69, 9.17) is 0 Å². The van der Waals surface area contributed by atoms with Gasteiger partial charge in [-0.3, -0.25) is 15.0 Å². The maximum Gasteiger partial charge on any atom is 0.319 e. The second kappa shape index (κ2) is 12.4. The molecule has 3 atom stereocenters. The molecule has 0 aromatic heterocycles. The van der Waals surface area contributed by atoms with Crippen LogP contribution in [-0.2, 0) is 9.59 Å². The van der Waals surface area contributed by atoms with Gasteiger partial charge in [-0.2, -0.15) is 0 Å². The summed E-state index contributed by atoms with van der Waals surface area (Å²) in [6, 6.07) is 23.8. The number of urea groups is 1. The van der Waals surface area contributed by atoms with E-state index in [1.54, 1.807) is 0 Å². The average Bonchev–Trinajstić information content (AvgIpc) is 3.03. The summed E-state index contributed by atoms with van der Waals surface area (Å²) in [4.78, 5) is 40.5. The van der Waals surface area contributed by atoms with Crippen molar-refractivity contribution in [2.45, 2.75) is 71.9 Å². The highest BCUT2D eigenvalue weighted by Gasteiger charge is 2.40. The van der Waals surface area contributed by atoms with Gasteiger partial charge in [0.25, 0.3) is 5.91 Å². The van der Waals surface area contributed by atoms with Gasteiger partial charge in [-0.05, 0) is 72.4 Å². The molecular weight excluding hydrogens is 500 g/mol. The van der Waals surface area contributed by atoms with Crippen molar-refractivity contribution in [2.24, 2.45) is 5.41 Å². The van der Waals surface area contributed by atoms with E-state index in [-0.39, 0.29) is 29.6 Å². The Morgan fingerprint density at radius 2 is 1.48 bits per heavy atom. The van der Waals surface area contributed by atoms with E-state index in [1.165, 1.54) is 5.01 Å². The van der Waals surface area contributed by atoms with Gasteiger partial charge in [0.1, 0.15) is 6.04 Å². The van der Waals surface area contributed by atoms with Crippen LogP contribution in [0.4, 0.5) is 10.5 Å². The summed E-state index contributed by atoms with van der Waals surface area (Å²) in [5.74, 6) is -0.616. The van der Waals surface area contributed by atoms with Crippen molar-refractivity contribution in [1.82, 2.24) is 15.8 Å². The van der Waals surface area contributed by atoms with Crippen molar-refractivity contribution in [2.75, 3.05) is 5.32 Å². The SMILES string of the molecule is Cc1ccc(NC(=O)NC2CC(c3ccccc3)CC(c3ccccc3)N(NC(=O)CC(C)(C)C)C2=O)cc1C. The first kappa shape index (κ1) is 28.9. The van der Waals surface area contributed by atoms with E-state index in [1.807, 2.05) is 101 Å². The first-order chi connectivity index (χ1) is 19.0. The highest BCUT2D eigenvalue weighted by Crippen LogP contribution is 2.38. The molecule has 0 bridgehead atoms. The van der Waals surface area contributed by atoms with E-state index >= 15 is 0 Å². The van der Waals surface area contributed by atoms with Gasteiger partial charge in [0, 0.05) is 12.1 Å². The Bertz CT molecular complexity index is 1330. The third-order valence-electron chi connectivity index (χ3n) is 7.34. The Kier molecular flexibility index (Phi) is 8.93. The van der Waals surface area contributed by atoms with Gasteiger partial charge in [-0.15, -0.1) is 0 Å². The quantitative estimate of drug-likeness (QED) is 0.338. The number of carbonyl (C=O) groups is 3. The molecule has 3 N–H and O–H groups in total. The molecule has 0 spiro atoms. The number of nitrogens with zero attached hydrogens (tertiary/aromatic N) is 1. The number of hydrogen-bond donors (Lipinski definition) is 3. The second-order valence-corrected chi connectivity index (χ2v) is 11.9. The molecule has 1 fully saturated rings. The molecule has 1 aliphatic rings. The Balaban J connectivity index is 1.67. The predicted molar refractivity (Wildman–Crippen MR) is 159 cm³/mol. The number of amides is 4. The molecule has 3 aromatic rings. The van der Waals surface area contributed by atoms with Crippen LogP contribution in [0.5, 0.6) is 0 Å². The highest BCUT2D eigenvalue weighted by atomic mass is 16.2. The van der Waals surface area contributed by atoms with Gasteiger partial charge in [-0.25, -0.2) is 9.80 Å². The molecular formula is C33H40N4O3. The van der Waals surface area contributed by atoms with Crippen molar-refractivity contribution in [3.63, 3.8) is 0 Å². The van der Waals surface area contributed by atoms with Crippen LogP contribution in [0.25, 0.3) is 0 Å². The molecule has 1 aliphatic heterocycles. The fraction of sp³-hybridized carbons (Fsp3) is 0.364. The molecule has 0 aliphatic carbocycles. The van der Waals surface area contributed by atoms with Gasteiger partial charge in [-0.1, -0.05) is 87.5 Å². The van der Waals surface area contributed by atoms with Crippen molar-refractivity contribution >= 4 is 23.5 Å². The maximum absolute atomic E-state index is 14.2. The normalized spacial score (nSPS) is 19.5. The van der Waals surface area contributed by atoms with Crippen LogP contribution in [-0.4, -0.2) is 28.9 Å². The Hall–Kier alpha value is -4.13. The summed E-state index contributed by atoms with van der Waals surface area (Å²) in [7, 11) is 0. The number of carbonyl (C=O) groups excluding carboxylic acids is 3. The van der Waals surface area contributed by atoms with Crippen molar-refractivity contribution < 1.29 is 14.4 Å². The van der Waals surface area contributed by atoms with E-state index < -0.39 is 18.1 Å². The van der Waals surface area contributed by atoms with E-state index in [0.717, 1.165) is 22.3 Å². The zero-order valence-corrected chi connectivity index (χ0v) is 24.0. The van der Waals surface area contributed by atoms with Gasteiger partial charge in [0.15, 0.2) is 0 Å². The minimum Gasteiger partial charge on any atom is -0.326 e. The number of benzene rings is 3. The standard InChI is InChI=1S/C33H40N4O3/c1-22-16-17-27(18-23(22)2)34-32(40)35-28-19-26(24-12-8-6-9-13-24)20-29(25-14-10-7-11-15-25)37(31(28)39)36-30(38)21-33(3,4)5/h6-18,26,28-29H,19-21H2,1-5H3,(H,36,38)(H2,34,35,40). The molecule has 210 valence electrons. The minimum absolute atomic E-state index is 0.0354. The zero-order chi connectivity index (χ0) is 28.9. The fourth-order valence-electron chi connectivity index (χ4n) is 5.19. The molecule has 1 saturated heterocycles. The summed E-state index contributed by atoms with van der Waals surface area (Å²) in [6.07, 6.45) is 1.25. The molecule has 1 heterocycles. The van der Waals surface area contributed by atoms with Crippen molar-refractivity contribution in [1.29, 1.82) is 0 Å². The van der Waals surface area contributed by atoms with E-state index in [0.29, 0.717) is 18.5 Å².